The van der Waals surface area contributed by atoms with Gasteiger partial charge in [-0.3, -0.25) is 9.98 Å². The molecule has 4 nitrogen and oxygen atoms in total. The molecule has 0 bridgehead atoms. The van der Waals surface area contributed by atoms with E-state index in [2.05, 4.69) is 53.4 Å². The van der Waals surface area contributed by atoms with Crippen molar-refractivity contribution >= 4 is 16.9 Å². The zero-order chi connectivity index (χ0) is 18.5. The molecule has 0 radical (unpaired) electrons. The quantitative estimate of drug-likeness (QED) is 0.733. The second kappa shape index (κ2) is 6.69. The van der Waals surface area contributed by atoms with Crippen LogP contribution in [0.1, 0.15) is 73.4 Å². The number of fused-ring (bicyclic) bond motifs is 1. The summed E-state index contributed by atoms with van der Waals surface area (Å²) >= 11 is 1.92. The third-order valence-corrected chi connectivity index (χ3v) is 7.52. The topological polar surface area (TPSA) is 33.4 Å². The van der Waals surface area contributed by atoms with Crippen molar-refractivity contribution in [2.24, 2.45) is 4.99 Å². The molecule has 5 heteroatoms. The fourth-order valence-electron chi connectivity index (χ4n) is 5.28. The van der Waals surface area contributed by atoms with Gasteiger partial charge in [0.25, 0.3) is 0 Å². The maximum absolute atomic E-state index is 5.14. The van der Waals surface area contributed by atoms with Crippen LogP contribution in [0.2, 0.25) is 0 Å². The summed E-state index contributed by atoms with van der Waals surface area (Å²) in [5, 5.41) is 1.81. The van der Waals surface area contributed by atoms with Crippen LogP contribution >= 0.6 is 11.8 Å². The van der Waals surface area contributed by atoms with Crippen LogP contribution in [0, 0.1) is 13.8 Å². The molecule has 0 aromatic carbocycles. The van der Waals surface area contributed by atoms with Gasteiger partial charge in [-0.15, -0.1) is 0 Å². The summed E-state index contributed by atoms with van der Waals surface area (Å²) in [7, 11) is 0. The third kappa shape index (κ3) is 2.82. The molecule has 2 aromatic rings. The second-order valence-corrected chi connectivity index (χ2v) is 9.68. The highest BCUT2D eigenvalue weighted by Gasteiger charge is 2.44. The van der Waals surface area contributed by atoms with Gasteiger partial charge in [-0.1, -0.05) is 37.6 Å². The van der Waals surface area contributed by atoms with E-state index in [0.29, 0.717) is 11.3 Å². The fraction of sp³-hybridized carbons (Fsp3) is 0.545. The molecule has 1 aliphatic carbocycles. The molecule has 3 aliphatic rings. The number of pyridine rings is 1. The van der Waals surface area contributed by atoms with Gasteiger partial charge in [-0.25, -0.2) is 0 Å². The molecular weight excluding hydrogens is 352 g/mol. The Bertz CT molecular complexity index is 866. The Kier molecular flexibility index (Phi) is 4.30. The van der Waals surface area contributed by atoms with E-state index < -0.39 is 0 Å². The molecule has 27 heavy (non-hydrogen) atoms. The lowest BCUT2D eigenvalue weighted by Gasteiger charge is -2.28. The first-order chi connectivity index (χ1) is 13.1. The van der Waals surface area contributed by atoms with Crippen molar-refractivity contribution in [1.29, 1.82) is 0 Å². The lowest BCUT2D eigenvalue weighted by Crippen LogP contribution is -2.29. The van der Waals surface area contributed by atoms with E-state index in [1.165, 1.54) is 47.8 Å². The van der Waals surface area contributed by atoms with Crippen LogP contribution in [-0.4, -0.2) is 31.4 Å². The number of hydrogen-bond acceptors (Lipinski definition) is 4. The summed E-state index contributed by atoms with van der Waals surface area (Å²) in [6.45, 7) is 7.98. The summed E-state index contributed by atoms with van der Waals surface area (Å²) in [6, 6.07) is 9.69. The average molecular weight is 381 g/mol. The summed E-state index contributed by atoms with van der Waals surface area (Å²) in [5.74, 6) is 0. The number of thioether (sulfide) groups is 1. The standard InChI is InChI=1S/C22H28N4S/c1-14-12-18(16(3)26(14)17-8-4-5-9-17)21-20(19-10-6-7-11-23-19)24-22-25(21)13-15(2)27-22/h6-7,10-12,15,17,20-21H,4-5,8-9,13H2,1-3H3/t15-,20-,21+/m0/s1. The van der Waals surface area contributed by atoms with Gasteiger partial charge < -0.3 is 9.47 Å². The SMILES string of the molecule is Cc1cc([C@@H]2[C@H](c3ccccn3)N=C3S[C@@H](C)CN32)c(C)n1C1CCCC1. The summed E-state index contributed by atoms with van der Waals surface area (Å²) < 4.78 is 2.61. The summed E-state index contributed by atoms with van der Waals surface area (Å²) in [5.41, 5.74) is 5.38. The number of aryl methyl sites for hydroxylation is 1. The van der Waals surface area contributed by atoms with E-state index >= 15 is 0 Å². The minimum atomic E-state index is 0.0960. The molecule has 2 aromatic heterocycles. The van der Waals surface area contributed by atoms with E-state index in [9.17, 15) is 0 Å². The summed E-state index contributed by atoms with van der Waals surface area (Å²) in [6.07, 6.45) is 7.27. The molecule has 142 valence electrons. The highest BCUT2D eigenvalue weighted by Crippen LogP contribution is 2.49. The van der Waals surface area contributed by atoms with Crippen LogP contribution < -0.4 is 0 Å². The Balaban J connectivity index is 1.58. The van der Waals surface area contributed by atoms with Crippen LogP contribution in [0.3, 0.4) is 0 Å². The van der Waals surface area contributed by atoms with Gasteiger partial charge in [0.2, 0.25) is 0 Å². The van der Waals surface area contributed by atoms with Crippen molar-refractivity contribution in [3.8, 4) is 0 Å². The van der Waals surface area contributed by atoms with Gasteiger partial charge in [0, 0.05) is 35.4 Å². The number of nitrogens with zero attached hydrogens (tertiary/aromatic N) is 4. The number of aromatic nitrogens is 2. The monoisotopic (exact) mass is 380 g/mol. The lowest BCUT2D eigenvalue weighted by molar-refractivity contribution is 0.319. The van der Waals surface area contributed by atoms with Crippen LogP contribution in [-0.2, 0) is 0 Å². The van der Waals surface area contributed by atoms with Crippen molar-refractivity contribution in [3.63, 3.8) is 0 Å². The number of aliphatic imine (C=N–C) groups is 1. The van der Waals surface area contributed by atoms with Gasteiger partial charge >= 0.3 is 0 Å². The van der Waals surface area contributed by atoms with Crippen molar-refractivity contribution in [1.82, 2.24) is 14.5 Å². The highest BCUT2D eigenvalue weighted by atomic mass is 32.2. The first-order valence-electron chi connectivity index (χ1n) is 10.2. The van der Waals surface area contributed by atoms with Crippen LogP contribution in [0.25, 0.3) is 0 Å². The smallest absolute Gasteiger partial charge is 0.160 e. The Morgan fingerprint density at radius 1 is 1.15 bits per heavy atom. The Morgan fingerprint density at radius 2 is 1.96 bits per heavy atom. The van der Waals surface area contributed by atoms with Gasteiger partial charge in [-0.05, 0) is 50.5 Å². The average Bonchev–Trinajstić information content (AvgIpc) is 3.40. The Labute approximate surface area is 166 Å². The molecule has 1 saturated heterocycles. The van der Waals surface area contributed by atoms with Crippen molar-refractivity contribution in [2.45, 2.75) is 69.8 Å². The predicted octanol–water partition coefficient (Wildman–Crippen LogP) is 5.20. The van der Waals surface area contributed by atoms with Crippen molar-refractivity contribution < 1.29 is 0 Å². The van der Waals surface area contributed by atoms with Crippen molar-refractivity contribution in [3.05, 3.63) is 53.1 Å². The van der Waals surface area contributed by atoms with Gasteiger partial charge in [0.05, 0.1) is 11.7 Å². The highest BCUT2D eigenvalue weighted by molar-refractivity contribution is 8.14. The Morgan fingerprint density at radius 3 is 2.70 bits per heavy atom. The molecular formula is C22H28N4S. The van der Waals surface area contributed by atoms with E-state index in [1.54, 1.807) is 0 Å². The molecule has 0 N–H and O–H groups in total. The van der Waals surface area contributed by atoms with E-state index in [0.717, 1.165) is 12.2 Å². The number of hydrogen-bond donors (Lipinski definition) is 0. The molecule has 0 spiro atoms. The zero-order valence-electron chi connectivity index (χ0n) is 16.4. The molecule has 5 rings (SSSR count). The number of rotatable bonds is 3. The minimum absolute atomic E-state index is 0.0960. The van der Waals surface area contributed by atoms with E-state index in [1.807, 2.05) is 24.0 Å². The molecule has 2 fully saturated rings. The first-order valence-corrected chi connectivity index (χ1v) is 11.1. The van der Waals surface area contributed by atoms with Gasteiger partial charge in [0.1, 0.15) is 6.04 Å². The second-order valence-electron chi connectivity index (χ2n) is 8.27. The Hall–Kier alpha value is -1.75. The lowest BCUT2D eigenvalue weighted by atomic mass is 9.96. The van der Waals surface area contributed by atoms with E-state index in [4.69, 9.17) is 4.99 Å². The molecule has 4 heterocycles. The van der Waals surface area contributed by atoms with Crippen LogP contribution in [0.4, 0.5) is 0 Å². The number of amidine groups is 1. The summed E-state index contributed by atoms with van der Waals surface area (Å²) in [4.78, 5) is 12.3. The largest absolute Gasteiger partial charge is 0.346 e. The normalized spacial score (nSPS) is 28.0. The van der Waals surface area contributed by atoms with Crippen LogP contribution in [0.5, 0.6) is 0 Å². The minimum Gasteiger partial charge on any atom is -0.346 e. The molecule has 0 unspecified atom stereocenters. The molecule has 2 aliphatic heterocycles. The molecule has 3 atom stereocenters. The third-order valence-electron chi connectivity index (χ3n) is 6.41. The van der Waals surface area contributed by atoms with Gasteiger partial charge in [0.15, 0.2) is 5.17 Å². The maximum atomic E-state index is 5.14. The van der Waals surface area contributed by atoms with E-state index in [-0.39, 0.29) is 12.1 Å². The van der Waals surface area contributed by atoms with Crippen LogP contribution in [0.15, 0.2) is 35.5 Å². The predicted molar refractivity (Wildman–Crippen MR) is 112 cm³/mol. The maximum Gasteiger partial charge on any atom is 0.160 e. The van der Waals surface area contributed by atoms with Gasteiger partial charge in [-0.2, -0.15) is 0 Å². The fourth-order valence-corrected chi connectivity index (χ4v) is 6.37. The first kappa shape index (κ1) is 17.4. The molecule has 0 amide bonds. The zero-order valence-corrected chi connectivity index (χ0v) is 17.2. The molecule has 1 saturated carbocycles. The van der Waals surface area contributed by atoms with Crippen molar-refractivity contribution in [2.75, 3.05) is 6.54 Å².